The van der Waals surface area contributed by atoms with Crippen molar-refractivity contribution in [1.29, 1.82) is 0 Å². The maximum atomic E-state index is 12.1. The Labute approximate surface area is 149 Å². The second kappa shape index (κ2) is 7.83. The Kier molecular flexibility index (Phi) is 5.53. The highest BCUT2D eigenvalue weighted by Crippen LogP contribution is 2.21. The third kappa shape index (κ3) is 4.28. The van der Waals surface area contributed by atoms with Crippen LogP contribution in [0.3, 0.4) is 0 Å². The Hall–Kier alpha value is -2.14. The van der Waals surface area contributed by atoms with Gasteiger partial charge in [-0.1, -0.05) is 50.3 Å². The summed E-state index contributed by atoms with van der Waals surface area (Å²) >= 11 is 0. The third-order valence-electron chi connectivity index (χ3n) is 4.88. The number of fused-ring (bicyclic) bond motifs is 1. The molecule has 0 spiro atoms. The number of nitrogens with zero attached hydrogens (tertiary/aromatic N) is 2. The van der Waals surface area contributed by atoms with Crippen LogP contribution in [0, 0.1) is 5.92 Å². The highest BCUT2D eigenvalue weighted by atomic mass is 16.2. The molecule has 2 aliphatic rings. The summed E-state index contributed by atoms with van der Waals surface area (Å²) in [5.74, 6) is 0.608. The first-order valence-electron chi connectivity index (χ1n) is 9.08. The maximum absolute atomic E-state index is 12.1. The van der Waals surface area contributed by atoms with Gasteiger partial charge in [0.15, 0.2) is 0 Å². The third-order valence-corrected chi connectivity index (χ3v) is 4.88. The molecule has 1 unspecified atom stereocenters. The summed E-state index contributed by atoms with van der Waals surface area (Å²) < 4.78 is 0. The van der Waals surface area contributed by atoms with E-state index in [0.29, 0.717) is 19.0 Å². The Bertz CT molecular complexity index is 654. The molecule has 1 aromatic rings. The second-order valence-electron chi connectivity index (χ2n) is 7.28. The minimum absolute atomic E-state index is 0.0304. The summed E-state index contributed by atoms with van der Waals surface area (Å²) in [6.07, 6.45) is 3.35. The lowest BCUT2D eigenvalue weighted by Gasteiger charge is -2.43. The predicted octanol–water partition coefficient (Wildman–Crippen LogP) is 1.76. The zero-order valence-corrected chi connectivity index (χ0v) is 15.1. The largest absolute Gasteiger partial charge is 0.345 e. The quantitative estimate of drug-likeness (QED) is 0.888. The van der Waals surface area contributed by atoms with Crippen LogP contribution in [-0.2, 0) is 9.59 Å². The number of piperazine rings is 2. The van der Waals surface area contributed by atoms with E-state index in [0.717, 1.165) is 19.5 Å². The lowest BCUT2D eigenvalue weighted by molar-refractivity contribution is -0.148. The Morgan fingerprint density at radius 2 is 2.00 bits per heavy atom. The minimum atomic E-state index is -0.350. The molecule has 2 amide bonds. The van der Waals surface area contributed by atoms with Crippen LogP contribution in [0.1, 0.15) is 25.8 Å². The molecule has 2 heterocycles. The van der Waals surface area contributed by atoms with E-state index in [9.17, 15) is 9.59 Å². The normalized spacial score (nSPS) is 22.1. The molecule has 5 nitrogen and oxygen atoms in total. The monoisotopic (exact) mass is 341 g/mol. The molecule has 0 radical (unpaired) electrons. The van der Waals surface area contributed by atoms with E-state index in [2.05, 4.69) is 54.4 Å². The van der Waals surface area contributed by atoms with Gasteiger partial charge in [-0.2, -0.15) is 0 Å². The fourth-order valence-electron chi connectivity index (χ4n) is 3.43. The maximum Gasteiger partial charge on any atom is 0.244 e. The SMILES string of the molecule is CC(C)C/C=C(\CN1CCN2C(=O)CNC(=O)C2C1)c1ccccc1. The van der Waals surface area contributed by atoms with Crippen LogP contribution in [0.4, 0.5) is 0 Å². The molecule has 0 saturated carbocycles. The number of amides is 2. The fourth-order valence-corrected chi connectivity index (χ4v) is 3.43. The van der Waals surface area contributed by atoms with Crippen molar-refractivity contribution in [1.82, 2.24) is 15.1 Å². The summed E-state index contributed by atoms with van der Waals surface area (Å²) in [5.41, 5.74) is 2.53. The predicted molar refractivity (Wildman–Crippen MR) is 98.8 cm³/mol. The van der Waals surface area contributed by atoms with Crippen LogP contribution in [0.5, 0.6) is 0 Å². The van der Waals surface area contributed by atoms with Gasteiger partial charge < -0.3 is 10.2 Å². The summed E-state index contributed by atoms with van der Waals surface area (Å²) in [4.78, 5) is 28.1. The van der Waals surface area contributed by atoms with Gasteiger partial charge in [0.05, 0.1) is 6.54 Å². The van der Waals surface area contributed by atoms with Gasteiger partial charge in [0, 0.05) is 26.2 Å². The van der Waals surface area contributed by atoms with Crippen LogP contribution in [0.15, 0.2) is 36.4 Å². The Morgan fingerprint density at radius 1 is 1.24 bits per heavy atom. The van der Waals surface area contributed by atoms with Gasteiger partial charge in [-0.3, -0.25) is 14.5 Å². The van der Waals surface area contributed by atoms with Crippen molar-refractivity contribution < 1.29 is 9.59 Å². The summed E-state index contributed by atoms with van der Waals surface area (Å²) in [5, 5.41) is 2.71. The second-order valence-corrected chi connectivity index (χ2v) is 7.28. The summed E-state index contributed by atoms with van der Waals surface area (Å²) in [6, 6.07) is 10.1. The van der Waals surface area contributed by atoms with Gasteiger partial charge >= 0.3 is 0 Å². The van der Waals surface area contributed by atoms with Crippen molar-refractivity contribution >= 4 is 17.4 Å². The molecular formula is C20H27N3O2. The smallest absolute Gasteiger partial charge is 0.244 e. The molecule has 1 aromatic carbocycles. The number of carbonyl (C=O) groups excluding carboxylic acids is 2. The Balaban J connectivity index is 1.73. The van der Waals surface area contributed by atoms with Crippen molar-refractivity contribution in [3.63, 3.8) is 0 Å². The average Bonchev–Trinajstić information content (AvgIpc) is 2.62. The van der Waals surface area contributed by atoms with Gasteiger partial charge in [0.25, 0.3) is 0 Å². The number of benzene rings is 1. The molecule has 1 N–H and O–H groups in total. The number of hydrogen-bond acceptors (Lipinski definition) is 3. The van der Waals surface area contributed by atoms with Crippen LogP contribution in [0.2, 0.25) is 0 Å². The van der Waals surface area contributed by atoms with Gasteiger partial charge in [-0.05, 0) is 23.5 Å². The van der Waals surface area contributed by atoms with E-state index in [1.807, 2.05) is 6.07 Å². The standard InChI is InChI=1S/C20H27N3O2/c1-15(2)8-9-17(16-6-4-3-5-7-16)13-22-10-11-23-18(14-22)20(25)21-12-19(23)24/h3-7,9,15,18H,8,10-14H2,1-2H3,(H,21,25)/b17-9+. The topological polar surface area (TPSA) is 52.6 Å². The number of hydrogen-bond donors (Lipinski definition) is 1. The molecule has 134 valence electrons. The molecule has 3 rings (SSSR count). The number of nitrogens with one attached hydrogen (secondary N) is 1. The highest BCUT2D eigenvalue weighted by molar-refractivity contribution is 5.95. The molecule has 0 aromatic heterocycles. The van der Waals surface area contributed by atoms with Gasteiger partial charge in [0.1, 0.15) is 6.04 Å². The van der Waals surface area contributed by atoms with E-state index in [1.165, 1.54) is 11.1 Å². The van der Waals surface area contributed by atoms with E-state index >= 15 is 0 Å². The molecule has 0 bridgehead atoms. The average molecular weight is 341 g/mol. The van der Waals surface area contributed by atoms with E-state index in [4.69, 9.17) is 0 Å². The minimum Gasteiger partial charge on any atom is -0.345 e. The molecule has 1 atom stereocenters. The molecule has 5 heteroatoms. The van der Waals surface area contributed by atoms with Crippen molar-refractivity contribution in [3.8, 4) is 0 Å². The fraction of sp³-hybridized carbons (Fsp3) is 0.500. The lowest BCUT2D eigenvalue weighted by atomic mass is 10.00. The zero-order chi connectivity index (χ0) is 17.8. The Morgan fingerprint density at radius 3 is 2.72 bits per heavy atom. The lowest BCUT2D eigenvalue weighted by Crippen LogP contribution is -2.66. The first-order chi connectivity index (χ1) is 12.0. The van der Waals surface area contributed by atoms with Crippen LogP contribution >= 0.6 is 0 Å². The van der Waals surface area contributed by atoms with E-state index < -0.39 is 0 Å². The molecular weight excluding hydrogens is 314 g/mol. The first kappa shape index (κ1) is 17.7. The number of carbonyl (C=O) groups is 2. The van der Waals surface area contributed by atoms with Gasteiger partial charge in [0.2, 0.25) is 11.8 Å². The zero-order valence-electron chi connectivity index (χ0n) is 15.1. The van der Waals surface area contributed by atoms with Gasteiger partial charge in [-0.25, -0.2) is 0 Å². The van der Waals surface area contributed by atoms with Crippen molar-refractivity contribution in [2.75, 3.05) is 32.7 Å². The summed E-state index contributed by atoms with van der Waals surface area (Å²) in [6.45, 7) is 7.42. The molecule has 2 aliphatic heterocycles. The number of rotatable bonds is 5. The number of allylic oxidation sites excluding steroid dienone is 1. The van der Waals surface area contributed by atoms with Crippen LogP contribution in [-0.4, -0.2) is 60.4 Å². The van der Waals surface area contributed by atoms with Crippen molar-refractivity contribution in [3.05, 3.63) is 42.0 Å². The van der Waals surface area contributed by atoms with Crippen molar-refractivity contribution in [2.45, 2.75) is 26.3 Å². The first-order valence-corrected chi connectivity index (χ1v) is 9.08. The molecule has 2 fully saturated rings. The van der Waals surface area contributed by atoms with Crippen molar-refractivity contribution in [2.24, 2.45) is 5.92 Å². The molecule has 2 saturated heterocycles. The molecule has 0 aliphatic carbocycles. The van der Waals surface area contributed by atoms with Gasteiger partial charge in [-0.15, -0.1) is 0 Å². The van der Waals surface area contributed by atoms with Crippen LogP contribution in [0.25, 0.3) is 5.57 Å². The van der Waals surface area contributed by atoms with E-state index in [-0.39, 0.29) is 24.4 Å². The molecule has 25 heavy (non-hydrogen) atoms. The van der Waals surface area contributed by atoms with E-state index in [1.54, 1.807) is 4.90 Å². The van der Waals surface area contributed by atoms with Crippen LogP contribution < -0.4 is 5.32 Å². The highest BCUT2D eigenvalue weighted by Gasteiger charge is 2.38. The summed E-state index contributed by atoms with van der Waals surface area (Å²) in [7, 11) is 0.